The van der Waals surface area contributed by atoms with Crippen LogP contribution in [0.25, 0.3) is 16.9 Å². The number of aromatic nitrogens is 1. The fourth-order valence-electron chi connectivity index (χ4n) is 3.95. The van der Waals surface area contributed by atoms with Crippen LogP contribution in [0.1, 0.15) is 37.5 Å². The lowest BCUT2D eigenvalue weighted by Crippen LogP contribution is -2.10. The van der Waals surface area contributed by atoms with Crippen molar-refractivity contribution in [1.82, 2.24) is 4.57 Å². The molecule has 2 nitrogen and oxygen atoms in total. The van der Waals surface area contributed by atoms with Crippen LogP contribution in [0.15, 0.2) is 85.1 Å². The van der Waals surface area contributed by atoms with Gasteiger partial charge in [-0.25, -0.2) is 0 Å². The number of nitrogens with one attached hydrogen (secondary N) is 1. The second kappa shape index (κ2) is 7.87. The average molecular weight is 395 g/mol. The summed E-state index contributed by atoms with van der Waals surface area (Å²) in [7, 11) is 0. The Balaban J connectivity index is 1.84. The van der Waals surface area contributed by atoms with Gasteiger partial charge < -0.3 is 9.88 Å². The van der Waals surface area contributed by atoms with Crippen LogP contribution in [0.4, 0.5) is 11.4 Å². The molecule has 3 aromatic carbocycles. The molecule has 0 bridgehead atoms. The molecule has 1 N–H and O–H groups in total. The molecule has 4 rings (SSSR count). The van der Waals surface area contributed by atoms with Crippen molar-refractivity contribution in [3.05, 3.63) is 102 Å². The predicted molar refractivity (Wildman–Crippen MR) is 129 cm³/mol. The van der Waals surface area contributed by atoms with Gasteiger partial charge in [0.25, 0.3) is 0 Å². The zero-order valence-corrected chi connectivity index (χ0v) is 18.5. The van der Waals surface area contributed by atoms with Gasteiger partial charge in [0.2, 0.25) is 0 Å². The van der Waals surface area contributed by atoms with E-state index in [2.05, 4.69) is 123 Å². The van der Waals surface area contributed by atoms with E-state index >= 15 is 0 Å². The summed E-state index contributed by atoms with van der Waals surface area (Å²) in [6.45, 7) is 11.1. The summed E-state index contributed by atoms with van der Waals surface area (Å²) >= 11 is 0. The molecular weight excluding hydrogens is 364 g/mol. The topological polar surface area (TPSA) is 17.0 Å². The third-order valence-electron chi connectivity index (χ3n) is 5.45. The molecule has 0 unspecified atom stereocenters. The second-order valence-corrected chi connectivity index (χ2v) is 9.11. The number of para-hydroxylation sites is 1. The maximum Gasteiger partial charge on any atom is 0.0765 e. The van der Waals surface area contributed by atoms with E-state index in [1.165, 1.54) is 33.6 Å². The van der Waals surface area contributed by atoms with E-state index in [9.17, 15) is 0 Å². The standard InChI is InChI=1S/C28H30N2/c1-20-17-21(2)19-22(18-20)27-26(29-24-9-7-6-8-10-24)15-16-30(27)25-13-11-23(12-14-25)28(3,4)5/h6-19,29H,1-5H3. The van der Waals surface area contributed by atoms with E-state index in [1.54, 1.807) is 0 Å². The van der Waals surface area contributed by atoms with Crippen LogP contribution in [-0.2, 0) is 5.41 Å². The largest absolute Gasteiger partial charge is 0.354 e. The molecule has 0 fully saturated rings. The highest BCUT2D eigenvalue weighted by molar-refractivity contribution is 5.81. The first-order valence-electron chi connectivity index (χ1n) is 10.5. The minimum absolute atomic E-state index is 0.145. The Bertz CT molecular complexity index is 1120. The van der Waals surface area contributed by atoms with Crippen molar-refractivity contribution in [2.45, 2.75) is 40.0 Å². The highest BCUT2D eigenvalue weighted by Gasteiger charge is 2.16. The summed E-state index contributed by atoms with van der Waals surface area (Å²) in [5, 5.41) is 3.61. The summed E-state index contributed by atoms with van der Waals surface area (Å²) in [5.74, 6) is 0. The normalized spacial score (nSPS) is 11.5. The van der Waals surface area contributed by atoms with E-state index in [-0.39, 0.29) is 5.41 Å². The van der Waals surface area contributed by atoms with Gasteiger partial charge in [0.1, 0.15) is 0 Å². The molecule has 0 aliphatic rings. The van der Waals surface area contributed by atoms with Crippen molar-refractivity contribution in [3.8, 4) is 16.9 Å². The number of anilines is 2. The predicted octanol–water partition coefficient (Wildman–Crippen LogP) is 7.80. The molecule has 1 aromatic heterocycles. The van der Waals surface area contributed by atoms with Gasteiger partial charge in [-0.1, -0.05) is 68.3 Å². The highest BCUT2D eigenvalue weighted by atomic mass is 15.0. The molecule has 0 aliphatic heterocycles. The van der Waals surface area contributed by atoms with Gasteiger partial charge in [-0.2, -0.15) is 0 Å². The Labute approximate surface area is 180 Å². The third-order valence-corrected chi connectivity index (χ3v) is 5.45. The molecule has 4 aromatic rings. The Hall–Kier alpha value is -3.26. The van der Waals surface area contributed by atoms with Crippen molar-refractivity contribution >= 4 is 11.4 Å². The van der Waals surface area contributed by atoms with E-state index in [0.717, 1.165) is 11.4 Å². The summed E-state index contributed by atoms with van der Waals surface area (Å²) in [4.78, 5) is 0. The van der Waals surface area contributed by atoms with Crippen LogP contribution >= 0.6 is 0 Å². The fraction of sp³-hybridized carbons (Fsp3) is 0.214. The lowest BCUT2D eigenvalue weighted by Gasteiger charge is -2.20. The molecule has 1 heterocycles. The first-order chi connectivity index (χ1) is 14.3. The Morgan fingerprint density at radius 3 is 1.97 bits per heavy atom. The number of rotatable bonds is 4. The highest BCUT2D eigenvalue weighted by Crippen LogP contribution is 2.35. The van der Waals surface area contributed by atoms with Crippen LogP contribution in [0.2, 0.25) is 0 Å². The minimum atomic E-state index is 0.145. The number of aryl methyl sites for hydroxylation is 2. The second-order valence-electron chi connectivity index (χ2n) is 9.11. The Morgan fingerprint density at radius 1 is 0.733 bits per heavy atom. The summed E-state index contributed by atoms with van der Waals surface area (Å²) in [6, 6.07) is 28.2. The Kier molecular flexibility index (Phi) is 5.26. The van der Waals surface area contributed by atoms with Gasteiger partial charge in [0.15, 0.2) is 0 Å². The molecule has 0 aliphatic carbocycles. The van der Waals surface area contributed by atoms with Crippen molar-refractivity contribution in [3.63, 3.8) is 0 Å². The third kappa shape index (κ3) is 4.18. The smallest absolute Gasteiger partial charge is 0.0765 e. The van der Waals surface area contributed by atoms with Crippen LogP contribution in [0.5, 0.6) is 0 Å². The van der Waals surface area contributed by atoms with Crippen LogP contribution < -0.4 is 5.32 Å². The molecule has 2 heteroatoms. The Morgan fingerprint density at radius 2 is 1.37 bits per heavy atom. The summed E-state index contributed by atoms with van der Waals surface area (Å²) in [6.07, 6.45) is 2.16. The van der Waals surface area contributed by atoms with E-state index in [0.29, 0.717) is 0 Å². The van der Waals surface area contributed by atoms with Crippen molar-refractivity contribution < 1.29 is 0 Å². The molecule has 0 spiro atoms. The molecular formula is C28H30N2. The van der Waals surface area contributed by atoms with Gasteiger partial charge in [-0.15, -0.1) is 0 Å². The summed E-state index contributed by atoms with van der Waals surface area (Å²) < 4.78 is 2.28. The first-order valence-corrected chi connectivity index (χ1v) is 10.5. The summed E-state index contributed by atoms with van der Waals surface area (Å²) in [5.41, 5.74) is 9.77. The molecule has 30 heavy (non-hydrogen) atoms. The molecule has 0 atom stereocenters. The van der Waals surface area contributed by atoms with Crippen molar-refractivity contribution in [2.75, 3.05) is 5.32 Å². The van der Waals surface area contributed by atoms with Gasteiger partial charge >= 0.3 is 0 Å². The molecule has 0 saturated carbocycles. The maximum absolute atomic E-state index is 3.61. The number of hydrogen-bond donors (Lipinski definition) is 1. The van der Waals surface area contributed by atoms with Crippen LogP contribution in [-0.4, -0.2) is 4.57 Å². The molecule has 0 amide bonds. The average Bonchev–Trinajstić information content (AvgIpc) is 3.11. The molecule has 0 saturated heterocycles. The lowest BCUT2D eigenvalue weighted by atomic mass is 9.87. The lowest BCUT2D eigenvalue weighted by molar-refractivity contribution is 0.590. The number of hydrogen-bond acceptors (Lipinski definition) is 1. The van der Waals surface area contributed by atoms with Gasteiger partial charge in [-0.3, -0.25) is 0 Å². The van der Waals surface area contributed by atoms with Gasteiger partial charge in [-0.05, 0) is 67.3 Å². The maximum atomic E-state index is 3.61. The fourth-order valence-corrected chi connectivity index (χ4v) is 3.95. The SMILES string of the molecule is Cc1cc(C)cc(-c2c(Nc3ccccc3)ccn2-c2ccc(C(C)(C)C)cc2)c1. The van der Waals surface area contributed by atoms with Gasteiger partial charge in [0, 0.05) is 23.1 Å². The number of benzene rings is 3. The van der Waals surface area contributed by atoms with Crippen LogP contribution in [0.3, 0.4) is 0 Å². The molecule has 0 radical (unpaired) electrons. The monoisotopic (exact) mass is 394 g/mol. The van der Waals surface area contributed by atoms with Crippen molar-refractivity contribution in [2.24, 2.45) is 0 Å². The minimum Gasteiger partial charge on any atom is -0.354 e. The van der Waals surface area contributed by atoms with Crippen LogP contribution in [0, 0.1) is 13.8 Å². The van der Waals surface area contributed by atoms with Gasteiger partial charge in [0.05, 0.1) is 11.4 Å². The molecule has 152 valence electrons. The number of nitrogens with zero attached hydrogens (tertiary/aromatic N) is 1. The van der Waals surface area contributed by atoms with E-state index < -0.39 is 0 Å². The zero-order valence-electron chi connectivity index (χ0n) is 18.5. The first kappa shape index (κ1) is 20.0. The van der Waals surface area contributed by atoms with E-state index in [4.69, 9.17) is 0 Å². The zero-order chi connectivity index (χ0) is 21.3. The van der Waals surface area contributed by atoms with Crippen molar-refractivity contribution in [1.29, 1.82) is 0 Å². The van der Waals surface area contributed by atoms with E-state index in [1.807, 2.05) is 6.07 Å². The quantitative estimate of drug-likeness (QED) is 0.373.